The van der Waals surface area contributed by atoms with E-state index in [4.69, 9.17) is 4.98 Å². The number of rotatable bonds is 4. The smallest absolute Gasteiger partial charge is 0.152 e. The summed E-state index contributed by atoms with van der Waals surface area (Å²) in [5.74, 6) is 1.54. The molecule has 1 fully saturated rings. The van der Waals surface area contributed by atoms with Gasteiger partial charge in [0.15, 0.2) is 5.82 Å². The number of fused-ring (bicyclic) bond motifs is 1. The number of aliphatic hydroxyl groups excluding tert-OH is 1. The number of hydrogen-bond acceptors (Lipinski definition) is 4. The molecule has 0 amide bonds. The first-order chi connectivity index (χ1) is 9.83. The molecule has 0 radical (unpaired) electrons. The van der Waals surface area contributed by atoms with Gasteiger partial charge in [0.2, 0.25) is 0 Å². The second-order valence-corrected chi connectivity index (χ2v) is 5.45. The molecule has 20 heavy (non-hydrogen) atoms. The molecule has 3 heterocycles. The van der Waals surface area contributed by atoms with E-state index in [1.165, 1.54) is 5.69 Å². The number of nitrogens with zero attached hydrogens (tertiary/aromatic N) is 3. The van der Waals surface area contributed by atoms with Crippen molar-refractivity contribution in [3.05, 3.63) is 30.1 Å². The lowest BCUT2D eigenvalue weighted by Gasteiger charge is -2.32. The van der Waals surface area contributed by atoms with E-state index < -0.39 is 0 Å². The minimum absolute atomic E-state index is 0.308. The van der Waals surface area contributed by atoms with Crippen LogP contribution in [0.5, 0.6) is 0 Å². The normalized spacial score (nSPS) is 17.0. The number of aromatic nitrogens is 2. The third-order valence-electron chi connectivity index (χ3n) is 4.12. The Hall–Kier alpha value is -1.59. The largest absolute Gasteiger partial charge is 0.396 e. The molecule has 0 aliphatic carbocycles. The maximum Gasteiger partial charge on any atom is 0.152 e. The summed E-state index contributed by atoms with van der Waals surface area (Å²) in [5.41, 5.74) is 2.21. The third-order valence-corrected chi connectivity index (χ3v) is 4.12. The molecule has 1 aliphatic heterocycles. The lowest BCUT2D eigenvalue weighted by molar-refractivity contribution is 0.202. The highest BCUT2D eigenvalue weighted by atomic mass is 16.3. The summed E-state index contributed by atoms with van der Waals surface area (Å²) in [6, 6.07) is 6.10. The first kappa shape index (κ1) is 13.4. The zero-order valence-electron chi connectivity index (χ0n) is 11.9. The summed E-state index contributed by atoms with van der Waals surface area (Å²) in [4.78, 5) is 7.15. The number of hydrogen-bond donors (Lipinski definition) is 2. The summed E-state index contributed by atoms with van der Waals surface area (Å²) in [6.07, 6.45) is 4.16. The molecule has 5 heteroatoms. The van der Waals surface area contributed by atoms with Crippen LogP contribution in [0, 0.1) is 5.92 Å². The van der Waals surface area contributed by atoms with E-state index >= 15 is 0 Å². The molecule has 0 atom stereocenters. The Morgan fingerprint density at radius 3 is 2.85 bits per heavy atom. The summed E-state index contributed by atoms with van der Waals surface area (Å²) >= 11 is 0. The van der Waals surface area contributed by atoms with Crippen LogP contribution >= 0.6 is 0 Å². The fourth-order valence-corrected chi connectivity index (χ4v) is 2.95. The monoisotopic (exact) mass is 274 g/mol. The molecule has 2 N–H and O–H groups in total. The van der Waals surface area contributed by atoms with Crippen molar-refractivity contribution < 1.29 is 5.11 Å². The minimum Gasteiger partial charge on any atom is -0.396 e. The van der Waals surface area contributed by atoms with Gasteiger partial charge in [-0.15, -0.1) is 0 Å². The van der Waals surface area contributed by atoms with Crippen LogP contribution in [0.1, 0.15) is 18.5 Å². The Kier molecular flexibility index (Phi) is 3.89. The molecule has 3 rings (SSSR count). The van der Waals surface area contributed by atoms with Crippen molar-refractivity contribution in [2.45, 2.75) is 19.4 Å². The summed E-state index contributed by atoms with van der Waals surface area (Å²) in [5, 5.41) is 12.5. The Labute approximate surface area is 119 Å². The van der Waals surface area contributed by atoms with Gasteiger partial charge in [-0.1, -0.05) is 6.07 Å². The van der Waals surface area contributed by atoms with E-state index in [2.05, 4.69) is 20.8 Å². The van der Waals surface area contributed by atoms with Crippen LogP contribution in [0.3, 0.4) is 0 Å². The maximum absolute atomic E-state index is 9.25. The van der Waals surface area contributed by atoms with Crippen LogP contribution in [-0.2, 0) is 6.54 Å². The van der Waals surface area contributed by atoms with Crippen molar-refractivity contribution in [1.82, 2.24) is 14.7 Å². The highest BCUT2D eigenvalue weighted by molar-refractivity contribution is 5.56. The highest BCUT2D eigenvalue weighted by Crippen LogP contribution is 2.26. The SMILES string of the molecule is CNCc1c(N2CCC(CO)CC2)nc2ccccn12. The van der Waals surface area contributed by atoms with Crippen LogP contribution < -0.4 is 10.2 Å². The Morgan fingerprint density at radius 1 is 1.35 bits per heavy atom. The van der Waals surface area contributed by atoms with Crippen LogP contribution in [-0.4, -0.2) is 41.2 Å². The van der Waals surface area contributed by atoms with E-state index in [0.29, 0.717) is 12.5 Å². The van der Waals surface area contributed by atoms with Gasteiger partial charge in [0.1, 0.15) is 5.65 Å². The zero-order valence-corrected chi connectivity index (χ0v) is 11.9. The molecule has 0 bridgehead atoms. The number of pyridine rings is 1. The first-order valence-corrected chi connectivity index (χ1v) is 7.30. The average Bonchev–Trinajstić information content (AvgIpc) is 2.87. The van der Waals surface area contributed by atoms with Crippen molar-refractivity contribution in [2.24, 2.45) is 5.92 Å². The molecule has 2 aromatic rings. The zero-order chi connectivity index (χ0) is 13.9. The lowest BCUT2D eigenvalue weighted by Crippen LogP contribution is -2.35. The summed E-state index contributed by atoms with van der Waals surface area (Å²) < 4.78 is 2.16. The van der Waals surface area contributed by atoms with E-state index in [1.807, 2.05) is 25.2 Å². The van der Waals surface area contributed by atoms with Gasteiger partial charge in [-0.2, -0.15) is 0 Å². The Morgan fingerprint density at radius 2 is 2.15 bits per heavy atom. The molecular weight excluding hydrogens is 252 g/mol. The minimum atomic E-state index is 0.308. The standard InChI is InChI=1S/C15H22N4O/c1-16-10-13-15(17-14-4-2-3-7-19(13)14)18-8-5-12(11-20)6-9-18/h2-4,7,12,16,20H,5-6,8-11H2,1H3. The third kappa shape index (κ3) is 2.39. The van der Waals surface area contributed by atoms with Gasteiger partial charge in [0.25, 0.3) is 0 Å². The molecule has 1 aliphatic rings. The number of nitrogens with one attached hydrogen (secondary N) is 1. The average molecular weight is 274 g/mol. The quantitative estimate of drug-likeness (QED) is 0.881. The van der Waals surface area contributed by atoms with Crippen molar-refractivity contribution in [1.29, 1.82) is 0 Å². The Balaban J connectivity index is 1.92. The van der Waals surface area contributed by atoms with Crippen LogP contribution in [0.2, 0.25) is 0 Å². The number of piperidine rings is 1. The van der Waals surface area contributed by atoms with Gasteiger partial charge in [-0.3, -0.25) is 0 Å². The second kappa shape index (κ2) is 5.81. The van der Waals surface area contributed by atoms with E-state index in [9.17, 15) is 5.11 Å². The van der Waals surface area contributed by atoms with Crippen molar-refractivity contribution in [3.8, 4) is 0 Å². The number of anilines is 1. The lowest BCUT2D eigenvalue weighted by atomic mass is 9.98. The first-order valence-electron chi connectivity index (χ1n) is 7.30. The predicted molar refractivity (Wildman–Crippen MR) is 80.0 cm³/mol. The fourth-order valence-electron chi connectivity index (χ4n) is 2.95. The molecule has 1 saturated heterocycles. The second-order valence-electron chi connectivity index (χ2n) is 5.45. The molecule has 5 nitrogen and oxygen atoms in total. The molecule has 0 saturated carbocycles. The summed E-state index contributed by atoms with van der Waals surface area (Å²) in [7, 11) is 1.96. The topological polar surface area (TPSA) is 52.8 Å². The van der Waals surface area contributed by atoms with E-state index in [0.717, 1.165) is 43.9 Å². The van der Waals surface area contributed by atoms with Crippen LogP contribution in [0.15, 0.2) is 24.4 Å². The molecule has 0 aromatic carbocycles. The van der Waals surface area contributed by atoms with Gasteiger partial charge >= 0.3 is 0 Å². The predicted octanol–water partition coefficient (Wildman–Crippen LogP) is 1.26. The van der Waals surface area contributed by atoms with Crippen LogP contribution in [0.4, 0.5) is 5.82 Å². The van der Waals surface area contributed by atoms with Crippen molar-refractivity contribution in [2.75, 3.05) is 31.6 Å². The highest BCUT2D eigenvalue weighted by Gasteiger charge is 2.23. The number of imidazole rings is 1. The Bertz CT molecular complexity index is 572. The van der Waals surface area contributed by atoms with Gasteiger partial charge in [0, 0.05) is 32.4 Å². The molecule has 0 spiro atoms. The fraction of sp³-hybridized carbons (Fsp3) is 0.533. The van der Waals surface area contributed by atoms with Crippen molar-refractivity contribution in [3.63, 3.8) is 0 Å². The number of aliphatic hydroxyl groups is 1. The molecule has 2 aromatic heterocycles. The van der Waals surface area contributed by atoms with Gasteiger partial charge in [-0.25, -0.2) is 4.98 Å². The van der Waals surface area contributed by atoms with Crippen LogP contribution in [0.25, 0.3) is 5.65 Å². The van der Waals surface area contributed by atoms with Crippen molar-refractivity contribution >= 4 is 11.5 Å². The van der Waals surface area contributed by atoms with E-state index in [1.54, 1.807) is 0 Å². The molecule has 0 unspecified atom stereocenters. The maximum atomic E-state index is 9.25. The molecular formula is C15H22N4O. The van der Waals surface area contributed by atoms with Gasteiger partial charge in [0.05, 0.1) is 5.69 Å². The summed E-state index contributed by atoms with van der Waals surface area (Å²) in [6.45, 7) is 3.07. The van der Waals surface area contributed by atoms with E-state index in [-0.39, 0.29) is 0 Å². The molecule has 108 valence electrons. The van der Waals surface area contributed by atoms with Gasteiger partial charge in [-0.05, 0) is 37.9 Å². The van der Waals surface area contributed by atoms with Gasteiger partial charge < -0.3 is 19.7 Å².